The molecule has 2 heterocycles. The molecule has 1 saturated heterocycles. The number of hydrogen-bond acceptors (Lipinski definition) is 1. The van der Waals surface area contributed by atoms with Gasteiger partial charge in [-0.05, 0) is 55.9 Å². The number of rotatable bonds is 4. The second kappa shape index (κ2) is 9.40. The van der Waals surface area contributed by atoms with Crippen LogP contribution in [-0.2, 0) is 6.42 Å². The maximum absolute atomic E-state index is 13.3. The van der Waals surface area contributed by atoms with Crippen molar-refractivity contribution in [3.63, 3.8) is 0 Å². The molecule has 1 fully saturated rings. The Hall–Kier alpha value is -1.31. The Morgan fingerprint density at radius 1 is 1.44 bits per heavy atom. The van der Waals surface area contributed by atoms with Gasteiger partial charge in [0.15, 0.2) is 5.96 Å². The molecule has 0 aliphatic carbocycles. The molecule has 1 aromatic carbocycles. The molecule has 1 aliphatic rings. The van der Waals surface area contributed by atoms with Crippen molar-refractivity contribution in [2.45, 2.75) is 33.1 Å². The van der Waals surface area contributed by atoms with Crippen molar-refractivity contribution in [3.05, 3.63) is 35.8 Å². The number of aromatic nitrogens is 1. The SMILES string of the molecule is CCNC(=NCCc1c[nH]c2cc(F)ccc12)N1CCCC(C)C1.I. The number of halogens is 2. The van der Waals surface area contributed by atoms with Gasteiger partial charge in [0, 0.05) is 43.3 Å². The zero-order valence-corrected chi connectivity index (χ0v) is 17.3. The third kappa shape index (κ3) is 5.09. The zero-order chi connectivity index (χ0) is 16.9. The van der Waals surface area contributed by atoms with Crippen molar-refractivity contribution in [3.8, 4) is 0 Å². The lowest BCUT2D eigenvalue weighted by Gasteiger charge is -2.33. The minimum atomic E-state index is -0.206. The Balaban J connectivity index is 0.00000225. The quantitative estimate of drug-likeness (QED) is 0.411. The molecule has 0 amide bonds. The minimum absolute atomic E-state index is 0. The normalized spacial score (nSPS) is 18.3. The summed E-state index contributed by atoms with van der Waals surface area (Å²) >= 11 is 0. The Bertz CT molecular complexity index is 713. The molecule has 1 aliphatic heterocycles. The van der Waals surface area contributed by atoms with Crippen molar-refractivity contribution in [1.29, 1.82) is 0 Å². The highest BCUT2D eigenvalue weighted by Crippen LogP contribution is 2.20. The van der Waals surface area contributed by atoms with Crippen LogP contribution in [0.15, 0.2) is 29.4 Å². The van der Waals surface area contributed by atoms with Crippen LogP contribution in [0.25, 0.3) is 10.9 Å². The van der Waals surface area contributed by atoms with Crippen LogP contribution >= 0.6 is 24.0 Å². The minimum Gasteiger partial charge on any atom is -0.361 e. The van der Waals surface area contributed by atoms with Gasteiger partial charge < -0.3 is 15.2 Å². The number of H-pyrrole nitrogens is 1. The molecule has 0 saturated carbocycles. The van der Waals surface area contributed by atoms with Gasteiger partial charge in [-0.2, -0.15) is 0 Å². The van der Waals surface area contributed by atoms with E-state index >= 15 is 0 Å². The summed E-state index contributed by atoms with van der Waals surface area (Å²) in [6, 6.07) is 4.90. The maximum Gasteiger partial charge on any atom is 0.193 e. The first-order valence-corrected chi connectivity index (χ1v) is 8.96. The number of fused-ring (bicyclic) bond motifs is 1. The van der Waals surface area contributed by atoms with E-state index in [4.69, 9.17) is 4.99 Å². The predicted octanol–water partition coefficient (Wildman–Crippen LogP) is 4.16. The van der Waals surface area contributed by atoms with Crippen LogP contribution in [-0.4, -0.2) is 42.0 Å². The van der Waals surface area contributed by atoms with E-state index in [1.807, 2.05) is 12.3 Å². The van der Waals surface area contributed by atoms with E-state index in [-0.39, 0.29) is 29.8 Å². The lowest BCUT2D eigenvalue weighted by Crippen LogP contribution is -2.46. The number of nitrogens with one attached hydrogen (secondary N) is 2. The molecule has 25 heavy (non-hydrogen) atoms. The summed E-state index contributed by atoms with van der Waals surface area (Å²) in [5.74, 6) is 1.55. The van der Waals surface area contributed by atoms with E-state index in [2.05, 4.69) is 29.0 Å². The molecule has 1 unspecified atom stereocenters. The van der Waals surface area contributed by atoms with E-state index < -0.39 is 0 Å². The largest absolute Gasteiger partial charge is 0.361 e. The van der Waals surface area contributed by atoms with Crippen molar-refractivity contribution in [2.24, 2.45) is 10.9 Å². The van der Waals surface area contributed by atoms with Crippen LogP contribution in [0.4, 0.5) is 4.39 Å². The summed E-state index contributed by atoms with van der Waals surface area (Å²) in [6.45, 7) is 8.20. The van der Waals surface area contributed by atoms with Crippen LogP contribution in [0, 0.1) is 11.7 Å². The molecule has 4 nitrogen and oxygen atoms in total. The summed E-state index contributed by atoms with van der Waals surface area (Å²) < 4.78 is 13.3. The second-order valence-corrected chi connectivity index (χ2v) is 6.68. The first-order chi connectivity index (χ1) is 11.7. The van der Waals surface area contributed by atoms with E-state index in [1.165, 1.54) is 24.5 Å². The smallest absolute Gasteiger partial charge is 0.193 e. The van der Waals surface area contributed by atoms with E-state index in [1.54, 1.807) is 6.07 Å². The van der Waals surface area contributed by atoms with Crippen molar-refractivity contribution in [2.75, 3.05) is 26.2 Å². The Labute approximate surface area is 166 Å². The van der Waals surface area contributed by atoms with Gasteiger partial charge in [0.1, 0.15) is 5.82 Å². The first-order valence-electron chi connectivity index (χ1n) is 8.96. The number of piperidine rings is 1. The number of aliphatic imine (C=N–C) groups is 1. The third-order valence-corrected chi connectivity index (χ3v) is 4.66. The molecule has 2 aromatic rings. The van der Waals surface area contributed by atoms with Crippen LogP contribution < -0.4 is 5.32 Å². The van der Waals surface area contributed by atoms with Gasteiger partial charge in [-0.1, -0.05) is 6.92 Å². The van der Waals surface area contributed by atoms with Gasteiger partial charge >= 0.3 is 0 Å². The average molecular weight is 458 g/mol. The number of nitrogens with zero attached hydrogens (tertiary/aromatic N) is 2. The summed E-state index contributed by atoms with van der Waals surface area (Å²) in [7, 11) is 0. The second-order valence-electron chi connectivity index (χ2n) is 6.68. The molecular weight excluding hydrogens is 430 g/mol. The van der Waals surface area contributed by atoms with Gasteiger partial charge in [-0.25, -0.2) is 4.39 Å². The highest BCUT2D eigenvalue weighted by molar-refractivity contribution is 14.0. The maximum atomic E-state index is 13.3. The molecule has 1 aromatic heterocycles. The summed E-state index contributed by atoms with van der Waals surface area (Å²) in [5.41, 5.74) is 2.04. The van der Waals surface area contributed by atoms with Crippen molar-refractivity contribution < 1.29 is 4.39 Å². The molecule has 0 bridgehead atoms. The first kappa shape index (κ1) is 20.0. The van der Waals surface area contributed by atoms with Gasteiger partial charge in [0.05, 0.1) is 0 Å². The fourth-order valence-corrected chi connectivity index (χ4v) is 3.46. The monoisotopic (exact) mass is 458 g/mol. The van der Waals surface area contributed by atoms with Crippen LogP contribution in [0.1, 0.15) is 32.3 Å². The zero-order valence-electron chi connectivity index (χ0n) is 15.0. The predicted molar refractivity (Wildman–Crippen MR) is 113 cm³/mol. The summed E-state index contributed by atoms with van der Waals surface area (Å²) in [4.78, 5) is 10.3. The van der Waals surface area contributed by atoms with Gasteiger partial charge in [0.2, 0.25) is 0 Å². The highest BCUT2D eigenvalue weighted by Gasteiger charge is 2.19. The molecule has 1 atom stereocenters. The molecule has 0 spiro atoms. The molecule has 6 heteroatoms. The summed E-state index contributed by atoms with van der Waals surface area (Å²) in [6.07, 6.45) is 5.36. The number of guanidine groups is 1. The van der Waals surface area contributed by atoms with Gasteiger partial charge in [0.25, 0.3) is 0 Å². The van der Waals surface area contributed by atoms with E-state index in [9.17, 15) is 4.39 Å². The fourth-order valence-electron chi connectivity index (χ4n) is 3.46. The van der Waals surface area contributed by atoms with Crippen molar-refractivity contribution >= 4 is 40.8 Å². The van der Waals surface area contributed by atoms with E-state index in [0.717, 1.165) is 55.4 Å². The Kier molecular flexibility index (Phi) is 7.53. The third-order valence-electron chi connectivity index (χ3n) is 4.66. The number of hydrogen-bond donors (Lipinski definition) is 2. The van der Waals surface area contributed by atoms with Gasteiger partial charge in [-0.3, -0.25) is 4.99 Å². The average Bonchev–Trinajstić information content (AvgIpc) is 2.96. The van der Waals surface area contributed by atoms with Crippen LogP contribution in [0.3, 0.4) is 0 Å². The number of likely N-dealkylation sites (tertiary alicyclic amines) is 1. The number of benzene rings is 1. The van der Waals surface area contributed by atoms with Crippen molar-refractivity contribution in [1.82, 2.24) is 15.2 Å². The Morgan fingerprint density at radius 3 is 3.04 bits per heavy atom. The lowest BCUT2D eigenvalue weighted by atomic mass is 10.0. The standard InChI is InChI=1S/C19H27FN4.HI/c1-3-21-19(24-10-4-5-14(2)13-24)22-9-8-15-12-23-18-11-16(20)6-7-17(15)18;/h6-7,11-12,14,23H,3-5,8-10,13H2,1-2H3,(H,21,22);1H. The van der Waals surface area contributed by atoms with E-state index in [0.29, 0.717) is 0 Å². The fraction of sp³-hybridized carbons (Fsp3) is 0.526. The molecule has 3 rings (SSSR count). The molecule has 0 radical (unpaired) electrons. The Morgan fingerprint density at radius 2 is 2.28 bits per heavy atom. The molecular formula is C19H28FIN4. The van der Waals surface area contributed by atoms with Crippen LogP contribution in [0.5, 0.6) is 0 Å². The lowest BCUT2D eigenvalue weighted by molar-refractivity contribution is 0.266. The van der Waals surface area contributed by atoms with Gasteiger partial charge in [-0.15, -0.1) is 24.0 Å². The summed E-state index contributed by atoms with van der Waals surface area (Å²) in [5, 5.41) is 4.50. The molecule has 138 valence electrons. The topological polar surface area (TPSA) is 43.4 Å². The highest BCUT2D eigenvalue weighted by atomic mass is 127. The number of aromatic amines is 1. The van der Waals surface area contributed by atoms with Crippen LogP contribution in [0.2, 0.25) is 0 Å². The molecule has 2 N–H and O–H groups in total.